The first-order valence-electron chi connectivity index (χ1n) is 9.43. The van der Waals surface area contributed by atoms with Gasteiger partial charge in [0, 0.05) is 0 Å². The largest absolute Gasteiger partial charge is 0.480 e. The minimum atomic E-state index is -1.03. The first-order valence-corrected chi connectivity index (χ1v) is 9.43. The van der Waals surface area contributed by atoms with Crippen molar-refractivity contribution in [2.24, 2.45) is 0 Å². The van der Waals surface area contributed by atoms with Crippen molar-refractivity contribution in [1.82, 2.24) is 0 Å². The van der Waals surface area contributed by atoms with Gasteiger partial charge in [-0.05, 0) is 16.7 Å². The fourth-order valence-corrected chi connectivity index (χ4v) is 3.34. The van der Waals surface area contributed by atoms with E-state index in [2.05, 4.69) is 6.58 Å². The lowest BCUT2D eigenvalue weighted by Crippen LogP contribution is -2.36. The van der Waals surface area contributed by atoms with Gasteiger partial charge < -0.3 is 14.6 Å². The Labute approximate surface area is 171 Å². The van der Waals surface area contributed by atoms with E-state index in [1.807, 2.05) is 91.0 Å². The average Bonchev–Trinajstić information content (AvgIpc) is 2.78. The van der Waals surface area contributed by atoms with Crippen LogP contribution in [0.3, 0.4) is 0 Å². The van der Waals surface area contributed by atoms with E-state index < -0.39 is 24.3 Å². The molecule has 3 aromatic carbocycles. The Hall–Kier alpha value is -3.21. The summed E-state index contributed by atoms with van der Waals surface area (Å²) in [7, 11) is 0. The number of hydrogen-bond donors (Lipinski definition) is 1. The summed E-state index contributed by atoms with van der Waals surface area (Å²) in [5, 5.41) is 8.92. The molecule has 0 spiro atoms. The van der Waals surface area contributed by atoms with Crippen LogP contribution >= 0.6 is 0 Å². The highest BCUT2D eigenvalue weighted by Gasteiger charge is 2.38. The molecule has 0 saturated carbocycles. The number of aliphatic carboxylic acids is 1. The zero-order valence-electron chi connectivity index (χ0n) is 16.1. The highest BCUT2D eigenvalue weighted by Crippen LogP contribution is 2.40. The number of benzene rings is 3. The topological polar surface area (TPSA) is 55.8 Å². The summed E-state index contributed by atoms with van der Waals surface area (Å²) < 4.78 is 12.0. The molecule has 1 unspecified atom stereocenters. The molecular formula is C25H24O4. The molecule has 0 aromatic heterocycles. The molecule has 0 aliphatic carbocycles. The SMILES string of the molecule is C=CC(COC(c1ccccc1)(c1ccccc1)c1ccccc1)OCC(=O)O. The molecule has 4 nitrogen and oxygen atoms in total. The molecule has 1 atom stereocenters. The highest BCUT2D eigenvalue weighted by atomic mass is 16.6. The predicted octanol–water partition coefficient (Wildman–Crippen LogP) is 4.65. The van der Waals surface area contributed by atoms with Gasteiger partial charge in [0.25, 0.3) is 0 Å². The average molecular weight is 388 g/mol. The van der Waals surface area contributed by atoms with Crippen LogP contribution in [0.25, 0.3) is 0 Å². The number of carboxylic acid groups (broad SMARTS) is 1. The lowest BCUT2D eigenvalue weighted by molar-refractivity contribution is -0.145. The summed E-state index contributed by atoms with van der Waals surface area (Å²) in [6, 6.07) is 29.9. The Morgan fingerprint density at radius 2 is 1.28 bits per heavy atom. The minimum absolute atomic E-state index is 0.148. The van der Waals surface area contributed by atoms with Crippen molar-refractivity contribution < 1.29 is 19.4 Å². The normalized spacial score (nSPS) is 12.3. The van der Waals surface area contributed by atoms with Gasteiger partial charge in [-0.15, -0.1) is 6.58 Å². The van der Waals surface area contributed by atoms with Gasteiger partial charge >= 0.3 is 5.97 Å². The van der Waals surface area contributed by atoms with Crippen molar-refractivity contribution >= 4 is 5.97 Å². The first kappa shape index (κ1) is 20.5. The summed E-state index contributed by atoms with van der Waals surface area (Å²) in [5.74, 6) is -1.03. The molecule has 0 saturated heterocycles. The summed E-state index contributed by atoms with van der Waals surface area (Å²) in [4.78, 5) is 10.9. The van der Waals surface area contributed by atoms with E-state index in [1.165, 1.54) is 0 Å². The fraction of sp³-hybridized carbons (Fsp3) is 0.160. The third-order valence-electron chi connectivity index (χ3n) is 4.69. The van der Waals surface area contributed by atoms with E-state index in [0.717, 1.165) is 16.7 Å². The van der Waals surface area contributed by atoms with Crippen molar-refractivity contribution in [2.75, 3.05) is 13.2 Å². The summed E-state index contributed by atoms with van der Waals surface area (Å²) in [6.07, 6.45) is 1.01. The van der Waals surface area contributed by atoms with Crippen LogP contribution in [0.2, 0.25) is 0 Å². The van der Waals surface area contributed by atoms with Crippen molar-refractivity contribution in [3.63, 3.8) is 0 Å². The smallest absolute Gasteiger partial charge is 0.329 e. The van der Waals surface area contributed by atoms with E-state index in [0.29, 0.717) is 0 Å². The fourth-order valence-electron chi connectivity index (χ4n) is 3.34. The lowest BCUT2D eigenvalue weighted by Gasteiger charge is -2.36. The molecule has 4 heteroatoms. The lowest BCUT2D eigenvalue weighted by atomic mass is 9.80. The van der Waals surface area contributed by atoms with Crippen LogP contribution in [0.15, 0.2) is 104 Å². The van der Waals surface area contributed by atoms with Gasteiger partial charge in [0.1, 0.15) is 12.2 Å². The van der Waals surface area contributed by atoms with Gasteiger partial charge in [-0.25, -0.2) is 4.79 Å². The minimum Gasteiger partial charge on any atom is -0.480 e. The summed E-state index contributed by atoms with van der Waals surface area (Å²) in [5.41, 5.74) is 2.03. The third kappa shape index (κ3) is 4.80. The van der Waals surface area contributed by atoms with Gasteiger partial charge in [-0.2, -0.15) is 0 Å². The quantitative estimate of drug-likeness (QED) is 0.406. The summed E-state index contributed by atoms with van der Waals surface area (Å²) >= 11 is 0. The molecule has 0 fully saturated rings. The zero-order chi connectivity index (χ0) is 20.5. The second-order valence-corrected chi connectivity index (χ2v) is 6.57. The Balaban J connectivity index is 2.07. The van der Waals surface area contributed by atoms with Crippen LogP contribution in [0.1, 0.15) is 16.7 Å². The van der Waals surface area contributed by atoms with E-state index in [9.17, 15) is 4.79 Å². The van der Waals surface area contributed by atoms with Crippen molar-refractivity contribution in [3.05, 3.63) is 120 Å². The third-order valence-corrected chi connectivity index (χ3v) is 4.69. The second-order valence-electron chi connectivity index (χ2n) is 6.57. The van der Waals surface area contributed by atoms with Crippen LogP contribution in [-0.2, 0) is 19.9 Å². The van der Waals surface area contributed by atoms with Gasteiger partial charge in [-0.1, -0.05) is 97.1 Å². The molecule has 1 N–H and O–H groups in total. The Morgan fingerprint density at radius 3 is 1.62 bits per heavy atom. The molecule has 29 heavy (non-hydrogen) atoms. The van der Waals surface area contributed by atoms with Gasteiger partial charge in [0.2, 0.25) is 0 Å². The van der Waals surface area contributed by atoms with E-state index in [4.69, 9.17) is 14.6 Å². The predicted molar refractivity (Wildman–Crippen MR) is 113 cm³/mol. The number of ether oxygens (including phenoxy) is 2. The first-order chi connectivity index (χ1) is 14.2. The Kier molecular flexibility index (Phi) is 6.95. The summed E-state index contributed by atoms with van der Waals surface area (Å²) in [6.45, 7) is 3.50. The van der Waals surface area contributed by atoms with Crippen LogP contribution in [-0.4, -0.2) is 30.4 Å². The molecule has 0 radical (unpaired) electrons. The number of carbonyl (C=O) groups is 1. The highest BCUT2D eigenvalue weighted by molar-refractivity contribution is 5.68. The molecule has 0 amide bonds. The van der Waals surface area contributed by atoms with Crippen LogP contribution in [0.4, 0.5) is 0 Å². The Bertz CT molecular complexity index is 811. The second kappa shape index (κ2) is 9.82. The van der Waals surface area contributed by atoms with Crippen molar-refractivity contribution in [1.29, 1.82) is 0 Å². The standard InChI is InChI=1S/C25H24O4/c1-2-23(28-19-24(26)27)18-29-25(20-12-6-3-7-13-20,21-14-8-4-9-15-21)22-16-10-5-11-17-22/h2-17,23H,1,18-19H2,(H,26,27). The van der Waals surface area contributed by atoms with E-state index in [1.54, 1.807) is 6.08 Å². The molecule has 0 aliphatic heterocycles. The van der Waals surface area contributed by atoms with Crippen molar-refractivity contribution in [2.45, 2.75) is 11.7 Å². The zero-order valence-corrected chi connectivity index (χ0v) is 16.1. The van der Waals surface area contributed by atoms with E-state index in [-0.39, 0.29) is 6.61 Å². The molecule has 0 heterocycles. The van der Waals surface area contributed by atoms with Crippen molar-refractivity contribution in [3.8, 4) is 0 Å². The van der Waals surface area contributed by atoms with Crippen LogP contribution in [0.5, 0.6) is 0 Å². The monoisotopic (exact) mass is 388 g/mol. The molecule has 148 valence electrons. The molecule has 0 aliphatic rings. The molecular weight excluding hydrogens is 364 g/mol. The maximum atomic E-state index is 10.9. The van der Waals surface area contributed by atoms with Crippen LogP contribution in [0, 0.1) is 0 Å². The maximum Gasteiger partial charge on any atom is 0.329 e. The molecule has 3 rings (SSSR count). The van der Waals surface area contributed by atoms with Gasteiger partial charge in [0.15, 0.2) is 0 Å². The molecule has 0 bridgehead atoms. The van der Waals surface area contributed by atoms with E-state index >= 15 is 0 Å². The van der Waals surface area contributed by atoms with Gasteiger partial charge in [0.05, 0.1) is 12.7 Å². The number of hydrogen-bond acceptors (Lipinski definition) is 3. The maximum absolute atomic E-state index is 10.9. The van der Waals surface area contributed by atoms with Crippen LogP contribution < -0.4 is 0 Å². The van der Waals surface area contributed by atoms with Gasteiger partial charge in [-0.3, -0.25) is 0 Å². The number of carboxylic acids is 1. The molecule has 3 aromatic rings. The Morgan fingerprint density at radius 1 is 0.862 bits per heavy atom. The number of rotatable bonds is 10.